The zero-order chi connectivity index (χ0) is 24.8. The molecule has 3 aromatic rings. The molecule has 2 aromatic carbocycles. The summed E-state index contributed by atoms with van der Waals surface area (Å²) in [4.78, 5) is 14.8. The first-order chi connectivity index (χ1) is 16.2. The molecule has 0 aliphatic heterocycles. The van der Waals surface area contributed by atoms with E-state index >= 15 is 0 Å². The maximum absolute atomic E-state index is 5.14. The van der Waals surface area contributed by atoms with E-state index in [1.807, 2.05) is 68.5 Å². The number of aliphatic imine (C=N–C) groups is 2. The van der Waals surface area contributed by atoms with Crippen molar-refractivity contribution in [2.45, 2.75) is 53.4 Å². The molecule has 0 saturated carbocycles. The Hall–Kier alpha value is -2.12. The number of aromatic nitrogens is 1. The summed E-state index contributed by atoms with van der Waals surface area (Å²) in [5.74, 6) is 0.696. The Labute approximate surface area is 254 Å². The largest absolute Gasteiger partial charge is 2.00 e. The van der Waals surface area contributed by atoms with Gasteiger partial charge in [0, 0.05) is 0 Å². The summed E-state index contributed by atoms with van der Waals surface area (Å²) in [6.45, 7) is 20.7. The number of benzene rings is 2. The van der Waals surface area contributed by atoms with Crippen LogP contribution in [0.3, 0.4) is 0 Å². The van der Waals surface area contributed by atoms with E-state index in [4.69, 9.17) is 15.0 Å². The van der Waals surface area contributed by atoms with Gasteiger partial charge in [-0.2, -0.15) is 0 Å². The predicted octanol–water partition coefficient (Wildman–Crippen LogP) is 2.90. The Balaban J connectivity index is 0.00000432. The number of nitrogens with zero attached hydrogens (tertiary/aromatic N) is 3. The van der Waals surface area contributed by atoms with Gasteiger partial charge in [-0.05, 0) is 72.2 Å². The average Bonchev–Trinajstić information content (AvgIpc) is 2.83. The first-order valence-electron chi connectivity index (χ1n) is 11.8. The van der Waals surface area contributed by atoms with Gasteiger partial charge in [-0.25, -0.2) is 4.98 Å². The molecule has 0 spiro atoms. The Morgan fingerprint density at radius 3 is 1.92 bits per heavy atom. The summed E-state index contributed by atoms with van der Waals surface area (Å²) < 4.78 is 0. The first kappa shape index (κ1) is 34.9. The van der Waals surface area contributed by atoms with Crippen LogP contribution in [-0.2, 0) is 16.8 Å². The molecule has 197 valence electrons. The smallest absolute Gasteiger partial charge is 1.00 e. The van der Waals surface area contributed by atoms with Gasteiger partial charge in [-0.15, -0.1) is 0 Å². The molecule has 3 nitrogen and oxygen atoms in total. The van der Waals surface area contributed by atoms with Gasteiger partial charge in [-0.3, -0.25) is 9.98 Å². The van der Waals surface area contributed by atoms with Crippen LogP contribution in [0.4, 0.5) is 11.4 Å². The molecule has 0 fully saturated rings. The van der Waals surface area contributed by atoms with Crippen molar-refractivity contribution >= 4 is 35.0 Å². The van der Waals surface area contributed by atoms with E-state index in [-0.39, 0.29) is 50.7 Å². The fraction of sp³-hybridized carbons (Fsp3) is 0.258. The fourth-order valence-electron chi connectivity index (χ4n) is 4.05. The minimum Gasteiger partial charge on any atom is -1.00 e. The number of rotatable bonds is 8. The summed E-state index contributed by atoms with van der Waals surface area (Å²) in [5.41, 5.74) is 10.0. The van der Waals surface area contributed by atoms with Crippen molar-refractivity contribution in [1.29, 1.82) is 0 Å². The van der Waals surface area contributed by atoms with Crippen LogP contribution >= 0.6 is 0 Å². The molecule has 0 amide bonds. The third-order valence-corrected chi connectivity index (χ3v) is 5.87. The van der Waals surface area contributed by atoms with Crippen molar-refractivity contribution in [3.05, 3.63) is 101 Å². The van der Waals surface area contributed by atoms with Gasteiger partial charge in [0.2, 0.25) is 0 Å². The Kier molecular flexibility index (Phi) is 15.1. The monoisotopic (exact) mass is 666 g/mol. The summed E-state index contributed by atoms with van der Waals surface area (Å²) >= 11 is 0. The molecule has 1 heterocycles. The van der Waals surface area contributed by atoms with Crippen LogP contribution in [0.1, 0.15) is 87.0 Å². The van der Waals surface area contributed by atoms with E-state index in [0.717, 1.165) is 45.3 Å². The second kappa shape index (κ2) is 16.0. The zero-order valence-corrected chi connectivity index (χ0v) is 26.6. The van der Waals surface area contributed by atoms with Gasteiger partial charge in [0.05, 0.1) is 34.2 Å². The summed E-state index contributed by atoms with van der Waals surface area (Å²) in [6, 6.07) is 18.4. The summed E-state index contributed by atoms with van der Waals surface area (Å²) in [5, 5.41) is 0. The van der Waals surface area contributed by atoms with Crippen molar-refractivity contribution < 1.29 is 50.7 Å². The van der Waals surface area contributed by atoms with Crippen LogP contribution in [0, 0.1) is 0 Å². The van der Waals surface area contributed by atoms with E-state index in [0.29, 0.717) is 11.8 Å². The van der Waals surface area contributed by atoms with E-state index in [1.54, 1.807) is 0 Å². The van der Waals surface area contributed by atoms with Gasteiger partial charge in [0.15, 0.2) is 0 Å². The number of halogens is 2. The van der Waals surface area contributed by atoms with Crippen LogP contribution in [0.15, 0.2) is 77.7 Å². The molecular formula is C31H35Br2CoN3. The molecular weight excluding hydrogens is 633 g/mol. The second-order valence-electron chi connectivity index (χ2n) is 9.12. The van der Waals surface area contributed by atoms with Crippen molar-refractivity contribution in [3.8, 4) is 0 Å². The van der Waals surface area contributed by atoms with E-state index < -0.39 is 0 Å². The van der Waals surface area contributed by atoms with Crippen molar-refractivity contribution in [2.24, 2.45) is 9.98 Å². The molecule has 0 aliphatic rings. The molecule has 6 heteroatoms. The third kappa shape index (κ3) is 8.71. The van der Waals surface area contributed by atoms with E-state index in [1.165, 1.54) is 11.1 Å². The molecule has 0 saturated heterocycles. The molecule has 0 N–H and O–H groups in total. The summed E-state index contributed by atoms with van der Waals surface area (Å²) in [6.07, 6.45) is 3.75. The van der Waals surface area contributed by atoms with Crippen molar-refractivity contribution in [3.63, 3.8) is 0 Å². The first-order valence-corrected chi connectivity index (χ1v) is 11.8. The van der Waals surface area contributed by atoms with Crippen LogP contribution in [0.25, 0.3) is 12.2 Å². The maximum atomic E-state index is 5.14. The minimum absolute atomic E-state index is 0. The van der Waals surface area contributed by atoms with Gasteiger partial charge < -0.3 is 34.0 Å². The topological polar surface area (TPSA) is 37.6 Å². The van der Waals surface area contributed by atoms with Crippen molar-refractivity contribution in [1.82, 2.24) is 4.98 Å². The molecule has 0 unspecified atom stereocenters. The standard InChI is InChI=1S/C31H35N3.2BrH.Co/c1-9-24-13-11-14-26(19-24)32-22(7)28-15-12-16-29(34-28)23(8)33-31-27(20(3)4)18-17-25(10-2)30(31)21(5)6;;;/h9-21H,1-2H2,3-8H3;2*1H;/q;;;+2/p-2/b32-22+,33-23+;;;. The zero-order valence-electron chi connectivity index (χ0n) is 22.4. The predicted molar refractivity (Wildman–Crippen MR) is 149 cm³/mol. The van der Waals surface area contributed by atoms with Crippen LogP contribution in [-0.4, -0.2) is 16.4 Å². The third-order valence-electron chi connectivity index (χ3n) is 5.87. The maximum Gasteiger partial charge on any atom is 2.00 e. The van der Waals surface area contributed by atoms with Gasteiger partial charge >= 0.3 is 16.8 Å². The molecule has 3 rings (SSSR count). The molecule has 0 aliphatic carbocycles. The van der Waals surface area contributed by atoms with E-state index in [9.17, 15) is 0 Å². The fourth-order valence-corrected chi connectivity index (χ4v) is 4.05. The van der Waals surface area contributed by atoms with Gasteiger partial charge in [0.1, 0.15) is 0 Å². The number of pyridine rings is 1. The Bertz CT molecular complexity index is 1280. The van der Waals surface area contributed by atoms with Gasteiger partial charge in [0.25, 0.3) is 0 Å². The van der Waals surface area contributed by atoms with Crippen LogP contribution in [0.5, 0.6) is 0 Å². The average molecular weight is 668 g/mol. The second-order valence-corrected chi connectivity index (χ2v) is 9.12. The Morgan fingerprint density at radius 2 is 1.38 bits per heavy atom. The molecule has 0 bridgehead atoms. The normalized spacial score (nSPS) is 11.4. The quantitative estimate of drug-likeness (QED) is 0.341. The molecule has 37 heavy (non-hydrogen) atoms. The molecule has 0 atom stereocenters. The summed E-state index contributed by atoms with van der Waals surface area (Å²) in [7, 11) is 0. The van der Waals surface area contributed by atoms with E-state index in [2.05, 4.69) is 53.0 Å². The molecule has 1 radical (unpaired) electrons. The minimum atomic E-state index is 0. The van der Waals surface area contributed by atoms with Crippen LogP contribution in [0.2, 0.25) is 0 Å². The van der Waals surface area contributed by atoms with Crippen LogP contribution < -0.4 is 34.0 Å². The van der Waals surface area contributed by atoms with Crippen molar-refractivity contribution in [2.75, 3.05) is 0 Å². The SMILES string of the molecule is C=Cc1cccc(/N=C(\C)c2cccc(/C(C)=N/c3c(C(C)C)ccc(C=C)c3C(C)C)n2)c1.[Br-].[Br-].[Co+2]. The number of hydrogen-bond acceptors (Lipinski definition) is 3. The Morgan fingerprint density at radius 1 is 0.784 bits per heavy atom. The molecule has 1 aromatic heterocycles. The number of hydrogen-bond donors (Lipinski definition) is 0. The van der Waals surface area contributed by atoms with Gasteiger partial charge in [-0.1, -0.05) is 83.3 Å².